The van der Waals surface area contributed by atoms with E-state index in [1.165, 1.54) is 5.56 Å². The molecule has 1 N–H and O–H groups in total. The summed E-state index contributed by atoms with van der Waals surface area (Å²) in [5.41, 5.74) is 2.41. The first-order valence-electron chi connectivity index (χ1n) is 7.01. The summed E-state index contributed by atoms with van der Waals surface area (Å²) in [6.07, 6.45) is 1.22. The van der Waals surface area contributed by atoms with Crippen LogP contribution in [0.1, 0.15) is 36.8 Å². The first-order valence-corrected chi connectivity index (χ1v) is 7.45. The van der Waals surface area contributed by atoms with Crippen LogP contribution >= 0.6 is 11.6 Å². The summed E-state index contributed by atoms with van der Waals surface area (Å²) < 4.78 is 0. The predicted molar refractivity (Wildman–Crippen MR) is 83.3 cm³/mol. The molecule has 1 unspecified atom stereocenters. The number of likely N-dealkylation sites (N-methyl/N-ethyl adjacent to an activating group) is 1. The molecule has 1 aromatic carbocycles. The van der Waals surface area contributed by atoms with Crippen LogP contribution in [0.4, 0.5) is 0 Å². The van der Waals surface area contributed by atoms with Gasteiger partial charge in [-0.05, 0) is 30.5 Å². The fourth-order valence-electron chi connectivity index (χ4n) is 2.09. The van der Waals surface area contributed by atoms with Gasteiger partial charge in [0.05, 0.1) is 11.8 Å². The Morgan fingerprint density at radius 3 is 2.40 bits per heavy atom. The lowest BCUT2D eigenvalue weighted by molar-refractivity contribution is -0.137. The first-order chi connectivity index (χ1) is 9.38. The maximum absolute atomic E-state index is 10.5. The molecule has 0 radical (unpaired) electrons. The number of hydrogen-bond acceptors (Lipinski definition) is 2. The van der Waals surface area contributed by atoms with Gasteiger partial charge in [0.15, 0.2) is 0 Å². The van der Waals surface area contributed by atoms with Crippen molar-refractivity contribution in [2.75, 3.05) is 20.1 Å². The molecule has 0 fully saturated rings. The Hall–Kier alpha value is -1.06. The molecular weight excluding hydrogens is 274 g/mol. The average molecular weight is 298 g/mol. The summed E-state index contributed by atoms with van der Waals surface area (Å²) in [5.74, 6) is -0.129. The molecule has 0 aliphatic heterocycles. The third-order valence-corrected chi connectivity index (χ3v) is 3.55. The second-order valence-electron chi connectivity index (χ2n) is 5.71. The van der Waals surface area contributed by atoms with Crippen LogP contribution in [0.5, 0.6) is 0 Å². The SMILES string of the molecule is CC(C)Cc1ccc(C(Cl)CN(C)CCC(=O)O)cc1. The van der Waals surface area contributed by atoms with E-state index in [4.69, 9.17) is 16.7 Å². The summed E-state index contributed by atoms with van der Waals surface area (Å²) in [7, 11) is 1.89. The van der Waals surface area contributed by atoms with Crippen molar-refractivity contribution in [2.45, 2.75) is 32.1 Å². The van der Waals surface area contributed by atoms with Gasteiger partial charge in [0.2, 0.25) is 0 Å². The summed E-state index contributed by atoms with van der Waals surface area (Å²) >= 11 is 6.39. The van der Waals surface area contributed by atoms with Crippen molar-refractivity contribution in [1.82, 2.24) is 4.90 Å². The largest absolute Gasteiger partial charge is 0.481 e. The van der Waals surface area contributed by atoms with Gasteiger partial charge in [-0.25, -0.2) is 0 Å². The van der Waals surface area contributed by atoms with Crippen molar-refractivity contribution in [1.29, 1.82) is 0 Å². The number of aliphatic carboxylic acids is 1. The van der Waals surface area contributed by atoms with E-state index in [1.807, 2.05) is 11.9 Å². The number of carboxylic acid groups (broad SMARTS) is 1. The van der Waals surface area contributed by atoms with E-state index in [0.717, 1.165) is 12.0 Å². The first kappa shape index (κ1) is 17.0. The molecule has 0 amide bonds. The van der Waals surface area contributed by atoms with Crippen LogP contribution < -0.4 is 0 Å². The summed E-state index contributed by atoms with van der Waals surface area (Å²) in [4.78, 5) is 12.5. The van der Waals surface area contributed by atoms with E-state index in [9.17, 15) is 4.79 Å². The van der Waals surface area contributed by atoms with Crippen molar-refractivity contribution < 1.29 is 9.90 Å². The third kappa shape index (κ3) is 6.40. The van der Waals surface area contributed by atoms with Crippen molar-refractivity contribution in [3.05, 3.63) is 35.4 Å². The topological polar surface area (TPSA) is 40.5 Å². The maximum atomic E-state index is 10.5. The van der Waals surface area contributed by atoms with Crippen LogP contribution in [0.15, 0.2) is 24.3 Å². The van der Waals surface area contributed by atoms with E-state index in [1.54, 1.807) is 0 Å². The Morgan fingerprint density at radius 1 is 1.30 bits per heavy atom. The molecule has 3 nitrogen and oxygen atoms in total. The van der Waals surface area contributed by atoms with Gasteiger partial charge < -0.3 is 10.0 Å². The Morgan fingerprint density at radius 2 is 1.90 bits per heavy atom. The van der Waals surface area contributed by atoms with E-state index < -0.39 is 5.97 Å². The molecule has 20 heavy (non-hydrogen) atoms. The zero-order chi connectivity index (χ0) is 15.1. The highest BCUT2D eigenvalue weighted by Gasteiger charge is 2.12. The Balaban J connectivity index is 2.50. The molecule has 1 rings (SSSR count). The Labute approximate surface area is 126 Å². The van der Waals surface area contributed by atoms with Crippen molar-refractivity contribution in [2.24, 2.45) is 5.92 Å². The van der Waals surface area contributed by atoms with Gasteiger partial charge in [-0.15, -0.1) is 11.6 Å². The smallest absolute Gasteiger partial charge is 0.304 e. The molecule has 112 valence electrons. The number of carboxylic acids is 1. The molecule has 0 saturated heterocycles. The monoisotopic (exact) mass is 297 g/mol. The second kappa shape index (κ2) is 8.28. The van der Waals surface area contributed by atoms with Crippen LogP contribution in [0.3, 0.4) is 0 Å². The molecule has 0 aromatic heterocycles. The number of alkyl halides is 1. The van der Waals surface area contributed by atoms with E-state index >= 15 is 0 Å². The molecule has 1 aromatic rings. The zero-order valence-corrected chi connectivity index (χ0v) is 13.2. The molecule has 0 aliphatic carbocycles. The number of hydrogen-bond donors (Lipinski definition) is 1. The van der Waals surface area contributed by atoms with Gasteiger partial charge in [0.25, 0.3) is 0 Å². The highest BCUT2D eigenvalue weighted by Crippen LogP contribution is 2.22. The fourth-order valence-corrected chi connectivity index (χ4v) is 2.47. The van der Waals surface area contributed by atoms with Gasteiger partial charge in [0, 0.05) is 13.1 Å². The van der Waals surface area contributed by atoms with Crippen molar-refractivity contribution >= 4 is 17.6 Å². The number of benzene rings is 1. The van der Waals surface area contributed by atoms with Crippen LogP contribution in [0.2, 0.25) is 0 Å². The molecule has 0 spiro atoms. The number of carbonyl (C=O) groups is 1. The van der Waals surface area contributed by atoms with Gasteiger partial charge in [0.1, 0.15) is 0 Å². The summed E-state index contributed by atoms with van der Waals surface area (Å²) in [6, 6.07) is 8.39. The van der Waals surface area contributed by atoms with E-state index in [2.05, 4.69) is 38.1 Å². The lowest BCUT2D eigenvalue weighted by Gasteiger charge is -2.19. The van der Waals surface area contributed by atoms with Crippen LogP contribution in [-0.4, -0.2) is 36.1 Å². The van der Waals surface area contributed by atoms with Gasteiger partial charge in [-0.2, -0.15) is 0 Å². The zero-order valence-electron chi connectivity index (χ0n) is 12.5. The Kier molecular flexibility index (Phi) is 7.03. The Bertz CT molecular complexity index is 417. The normalized spacial score (nSPS) is 12.9. The van der Waals surface area contributed by atoms with E-state index in [-0.39, 0.29) is 11.8 Å². The maximum Gasteiger partial charge on any atom is 0.304 e. The second-order valence-corrected chi connectivity index (χ2v) is 6.24. The highest BCUT2D eigenvalue weighted by molar-refractivity contribution is 6.21. The number of rotatable bonds is 8. The minimum absolute atomic E-state index is 0.109. The lowest BCUT2D eigenvalue weighted by atomic mass is 10.0. The molecule has 1 atom stereocenters. The number of halogens is 1. The van der Waals surface area contributed by atoms with Gasteiger partial charge >= 0.3 is 5.97 Å². The standard InChI is InChI=1S/C16H24ClNO2/c1-12(2)10-13-4-6-14(7-5-13)15(17)11-18(3)9-8-16(19)20/h4-7,12,15H,8-11H2,1-3H3,(H,19,20). The highest BCUT2D eigenvalue weighted by atomic mass is 35.5. The number of nitrogens with zero attached hydrogens (tertiary/aromatic N) is 1. The molecule has 0 bridgehead atoms. The molecule has 0 saturated carbocycles. The van der Waals surface area contributed by atoms with Crippen molar-refractivity contribution in [3.8, 4) is 0 Å². The lowest BCUT2D eigenvalue weighted by Crippen LogP contribution is -2.25. The van der Waals surface area contributed by atoms with Crippen LogP contribution in [0, 0.1) is 5.92 Å². The minimum atomic E-state index is -0.777. The molecule has 4 heteroatoms. The predicted octanol–water partition coefficient (Wildman–Crippen LogP) is 3.57. The average Bonchev–Trinajstić information content (AvgIpc) is 2.36. The van der Waals surface area contributed by atoms with Crippen molar-refractivity contribution in [3.63, 3.8) is 0 Å². The fraction of sp³-hybridized carbons (Fsp3) is 0.562. The quantitative estimate of drug-likeness (QED) is 0.746. The third-order valence-electron chi connectivity index (χ3n) is 3.16. The minimum Gasteiger partial charge on any atom is -0.481 e. The molecule has 0 heterocycles. The van der Waals surface area contributed by atoms with E-state index in [0.29, 0.717) is 19.0 Å². The summed E-state index contributed by atoms with van der Waals surface area (Å²) in [5, 5.41) is 8.55. The van der Waals surface area contributed by atoms with Crippen LogP contribution in [-0.2, 0) is 11.2 Å². The van der Waals surface area contributed by atoms with Gasteiger partial charge in [-0.3, -0.25) is 4.79 Å². The molecular formula is C16H24ClNO2. The summed E-state index contributed by atoms with van der Waals surface area (Å²) in [6.45, 7) is 5.58. The van der Waals surface area contributed by atoms with Crippen LogP contribution in [0.25, 0.3) is 0 Å². The van der Waals surface area contributed by atoms with Gasteiger partial charge in [-0.1, -0.05) is 38.1 Å². The molecule has 0 aliphatic rings.